The standard InChI is InChI=1S/C22H18N2O3S2/c1-13-8-9-18-16(11-13)15(14-5-2-3-6-17(14)23-18)12-19-21(27)24(22(28)29-19)10-4-7-20(25)26/h2-3,5-6,8-9,11-12H,4,7,10H2,1H3,(H,25,26)/b19-12-. The molecule has 1 N–H and O–H groups in total. The van der Waals surface area contributed by atoms with Crippen molar-refractivity contribution < 1.29 is 14.7 Å². The summed E-state index contributed by atoms with van der Waals surface area (Å²) in [5.41, 5.74) is 3.80. The summed E-state index contributed by atoms with van der Waals surface area (Å²) in [5, 5.41) is 10.8. The highest BCUT2D eigenvalue weighted by atomic mass is 32.2. The number of nitrogens with zero attached hydrogens (tertiary/aromatic N) is 2. The molecule has 29 heavy (non-hydrogen) atoms. The third-order valence-corrected chi connectivity index (χ3v) is 6.18. The molecule has 0 aliphatic carbocycles. The fourth-order valence-electron chi connectivity index (χ4n) is 3.40. The van der Waals surface area contributed by atoms with Gasteiger partial charge in [-0.1, -0.05) is 53.8 Å². The fourth-order valence-corrected chi connectivity index (χ4v) is 4.69. The summed E-state index contributed by atoms with van der Waals surface area (Å²) in [6, 6.07) is 14.0. The van der Waals surface area contributed by atoms with E-state index in [4.69, 9.17) is 22.3 Å². The number of carbonyl (C=O) groups is 2. The van der Waals surface area contributed by atoms with E-state index in [1.165, 1.54) is 16.7 Å². The van der Waals surface area contributed by atoms with Crippen LogP contribution in [0.1, 0.15) is 24.0 Å². The highest BCUT2D eigenvalue weighted by Gasteiger charge is 2.32. The summed E-state index contributed by atoms with van der Waals surface area (Å²) in [6.07, 6.45) is 2.27. The molecule has 0 unspecified atom stereocenters. The third-order valence-electron chi connectivity index (χ3n) is 4.80. The lowest BCUT2D eigenvalue weighted by molar-refractivity contribution is -0.137. The lowest BCUT2D eigenvalue weighted by Crippen LogP contribution is -2.29. The van der Waals surface area contributed by atoms with Crippen molar-refractivity contribution in [3.63, 3.8) is 0 Å². The van der Waals surface area contributed by atoms with E-state index in [0.29, 0.717) is 22.2 Å². The molecule has 5 nitrogen and oxygen atoms in total. The molecule has 0 radical (unpaired) electrons. The molecular formula is C22H18N2O3S2. The fraction of sp³-hybridized carbons (Fsp3) is 0.182. The lowest BCUT2D eigenvalue weighted by atomic mass is 10.0. The average Bonchev–Trinajstić information content (AvgIpc) is 2.95. The first-order chi connectivity index (χ1) is 13.9. The average molecular weight is 423 g/mol. The molecule has 0 atom stereocenters. The molecule has 1 amide bonds. The smallest absolute Gasteiger partial charge is 0.303 e. The van der Waals surface area contributed by atoms with Crippen LogP contribution in [0.3, 0.4) is 0 Å². The second-order valence-corrected chi connectivity index (χ2v) is 8.57. The number of thioether (sulfide) groups is 1. The summed E-state index contributed by atoms with van der Waals surface area (Å²) in [4.78, 5) is 30.5. The Morgan fingerprint density at radius 1 is 1.21 bits per heavy atom. The van der Waals surface area contributed by atoms with E-state index < -0.39 is 5.97 Å². The molecule has 4 rings (SSSR count). The number of aryl methyl sites for hydroxylation is 1. The highest BCUT2D eigenvalue weighted by molar-refractivity contribution is 8.26. The summed E-state index contributed by atoms with van der Waals surface area (Å²) >= 11 is 6.63. The Hall–Kier alpha value is -2.77. The van der Waals surface area contributed by atoms with Crippen molar-refractivity contribution in [1.29, 1.82) is 0 Å². The number of rotatable bonds is 5. The maximum absolute atomic E-state index is 12.9. The number of fused-ring (bicyclic) bond motifs is 2. The molecular weight excluding hydrogens is 404 g/mol. The first-order valence-corrected chi connectivity index (χ1v) is 10.4. The topological polar surface area (TPSA) is 70.5 Å². The van der Waals surface area contributed by atoms with Gasteiger partial charge in [-0.15, -0.1) is 0 Å². The number of carbonyl (C=O) groups excluding carboxylic acids is 1. The van der Waals surface area contributed by atoms with E-state index in [0.717, 1.165) is 32.9 Å². The Bertz CT molecular complexity index is 1200. The van der Waals surface area contributed by atoms with Crippen LogP contribution in [-0.2, 0) is 9.59 Å². The van der Waals surface area contributed by atoms with Crippen molar-refractivity contribution in [2.45, 2.75) is 19.8 Å². The zero-order valence-electron chi connectivity index (χ0n) is 15.7. The number of carboxylic acid groups (broad SMARTS) is 1. The highest BCUT2D eigenvalue weighted by Crippen LogP contribution is 2.36. The molecule has 0 spiro atoms. The van der Waals surface area contributed by atoms with Crippen LogP contribution in [0.15, 0.2) is 47.4 Å². The quantitative estimate of drug-likeness (QED) is 0.363. The summed E-state index contributed by atoms with van der Waals surface area (Å²) < 4.78 is 0.463. The minimum absolute atomic E-state index is 0.00894. The summed E-state index contributed by atoms with van der Waals surface area (Å²) in [7, 11) is 0. The molecule has 7 heteroatoms. The second-order valence-electron chi connectivity index (χ2n) is 6.89. The van der Waals surface area contributed by atoms with E-state index in [1.54, 1.807) is 0 Å². The Kier molecular flexibility index (Phi) is 5.34. The zero-order chi connectivity index (χ0) is 20.5. The molecule has 1 aliphatic rings. The first-order valence-electron chi connectivity index (χ1n) is 9.20. The Balaban J connectivity index is 1.79. The molecule has 1 saturated heterocycles. The number of carboxylic acids is 1. The molecule has 3 aromatic rings. The maximum Gasteiger partial charge on any atom is 0.303 e. The van der Waals surface area contributed by atoms with Crippen LogP contribution in [0.5, 0.6) is 0 Å². The van der Waals surface area contributed by atoms with E-state index in [-0.39, 0.29) is 12.3 Å². The minimum Gasteiger partial charge on any atom is -0.481 e. The van der Waals surface area contributed by atoms with Crippen molar-refractivity contribution in [3.8, 4) is 0 Å². The molecule has 0 bridgehead atoms. The largest absolute Gasteiger partial charge is 0.481 e. The maximum atomic E-state index is 12.9. The Morgan fingerprint density at radius 2 is 1.97 bits per heavy atom. The number of hydrogen-bond donors (Lipinski definition) is 1. The number of aromatic nitrogens is 1. The van der Waals surface area contributed by atoms with Gasteiger partial charge < -0.3 is 5.11 Å². The van der Waals surface area contributed by atoms with Gasteiger partial charge in [-0.2, -0.15) is 0 Å². The third kappa shape index (κ3) is 3.88. The van der Waals surface area contributed by atoms with Crippen LogP contribution in [0.4, 0.5) is 0 Å². The van der Waals surface area contributed by atoms with E-state index in [1.807, 2.05) is 49.4 Å². The van der Waals surface area contributed by atoms with Crippen LogP contribution >= 0.6 is 24.0 Å². The van der Waals surface area contributed by atoms with Gasteiger partial charge >= 0.3 is 5.97 Å². The predicted molar refractivity (Wildman–Crippen MR) is 121 cm³/mol. The van der Waals surface area contributed by atoms with Gasteiger partial charge in [0.25, 0.3) is 5.91 Å². The Morgan fingerprint density at radius 3 is 2.76 bits per heavy atom. The van der Waals surface area contributed by atoms with Gasteiger partial charge in [0.2, 0.25) is 0 Å². The number of pyridine rings is 1. The molecule has 2 heterocycles. The molecule has 146 valence electrons. The van der Waals surface area contributed by atoms with Gasteiger partial charge in [0, 0.05) is 23.7 Å². The van der Waals surface area contributed by atoms with Gasteiger partial charge in [0.15, 0.2) is 0 Å². The second kappa shape index (κ2) is 7.93. The summed E-state index contributed by atoms with van der Waals surface area (Å²) in [5.74, 6) is -1.05. The normalized spacial score (nSPS) is 15.8. The number of thiocarbonyl (C=S) groups is 1. The van der Waals surface area contributed by atoms with Crippen molar-refractivity contribution in [3.05, 3.63) is 58.5 Å². The van der Waals surface area contributed by atoms with E-state index in [2.05, 4.69) is 6.07 Å². The van der Waals surface area contributed by atoms with Crippen molar-refractivity contribution in [2.75, 3.05) is 6.54 Å². The number of para-hydroxylation sites is 1. The van der Waals surface area contributed by atoms with Crippen LogP contribution < -0.4 is 0 Å². The predicted octanol–water partition coefficient (Wildman–Crippen LogP) is 4.76. The van der Waals surface area contributed by atoms with Crippen molar-refractivity contribution in [2.24, 2.45) is 0 Å². The number of amides is 1. The molecule has 2 aromatic carbocycles. The SMILES string of the molecule is Cc1ccc2nc3ccccc3c(/C=C3\SC(=S)N(CCCC(=O)O)C3=O)c2c1. The van der Waals surface area contributed by atoms with E-state index >= 15 is 0 Å². The Labute approximate surface area is 177 Å². The van der Waals surface area contributed by atoms with Gasteiger partial charge in [-0.25, -0.2) is 4.98 Å². The van der Waals surface area contributed by atoms with Gasteiger partial charge in [-0.05, 0) is 43.2 Å². The van der Waals surface area contributed by atoms with E-state index in [9.17, 15) is 9.59 Å². The lowest BCUT2D eigenvalue weighted by Gasteiger charge is -2.13. The summed E-state index contributed by atoms with van der Waals surface area (Å²) in [6.45, 7) is 2.34. The minimum atomic E-state index is -0.879. The van der Waals surface area contributed by atoms with Gasteiger partial charge in [0.1, 0.15) is 4.32 Å². The van der Waals surface area contributed by atoms with Crippen molar-refractivity contribution in [1.82, 2.24) is 9.88 Å². The zero-order valence-corrected chi connectivity index (χ0v) is 17.3. The number of aliphatic carboxylic acids is 1. The molecule has 1 aromatic heterocycles. The van der Waals surface area contributed by atoms with Gasteiger partial charge in [0.05, 0.1) is 15.9 Å². The van der Waals surface area contributed by atoms with Crippen LogP contribution in [-0.4, -0.2) is 37.7 Å². The monoisotopic (exact) mass is 422 g/mol. The number of benzene rings is 2. The molecule has 1 aliphatic heterocycles. The first kappa shape index (κ1) is 19.5. The van der Waals surface area contributed by atoms with Crippen LogP contribution in [0.2, 0.25) is 0 Å². The number of hydrogen-bond acceptors (Lipinski definition) is 5. The van der Waals surface area contributed by atoms with Gasteiger partial charge in [-0.3, -0.25) is 14.5 Å². The van der Waals surface area contributed by atoms with Crippen LogP contribution in [0, 0.1) is 6.92 Å². The molecule has 1 fully saturated rings. The van der Waals surface area contributed by atoms with Crippen molar-refractivity contribution >= 4 is 68.1 Å². The molecule has 0 saturated carbocycles. The van der Waals surface area contributed by atoms with Crippen LogP contribution in [0.25, 0.3) is 27.9 Å².